The molecule has 1 aliphatic rings. The zero-order valence-electron chi connectivity index (χ0n) is 13.0. The van der Waals surface area contributed by atoms with Crippen LogP contribution in [0.25, 0.3) is 11.1 Å². The van der Waals surface area contributed by atoms with Crippen molar-refractivity contribution in [2.24, 2.45) is 0 Å². The van der Waals surface area contributed by atoms with E-state index in [2.05, 4.69) is 20.3 Å². The lowest BCUT2D eigenvalue weighted by atomic mass is 10.1. The van der Waals surface area contributed by atoms with Crippen LogP contribution >= 0.6 is 0 Å². The zero-order chi connectivity index (χ0) is 16.0. The minimum Gasteiger partial charge on any atom is -0.338 e. The van der Waals surface area contributed by atoms with E-state index in [1.165, 1.54) is 0 Å². The molecular formula is C16H17N5O2. The van der Waals surface area contributed by atoms with Crippen LogP contribution in [0.15, 0.2) is 22.9 Å². The second-order valence-electron chi connectivity index (χ2n) is 6.01. The normalized spacial score (nSPS) is 18.0. The van der Waals surface area contributed by atoms with Gasteiger partial charge in [-0.2, -0.15) is 5.10 Å². The number of rotatable bonds is 2. The van der Waals surface area contributed by atoms with Gasteiger partial charge in [0.25, 0.3) is 11.6 Å². The lowest BCUT2D eigenvalue weighted by Crippen LogP contribution is -2.28. The Labute approximate surface area is 132 Å². The maximum Gasteiger partial charge on any atom is 0.258 e. The van der Waals surface area contributed by atoms with Gasteiger partial charge in [0.05, 0.1) is 16.6 Å². The van der Waals surface area contributed by atoms with Gasteiger partial charge in [-0.1, -0.05) is 5.16 Å². The van der Waals surface area contributed by atoms with Gasteiger partial charge < -0.3 is 9.42 Å². The maximum atomic E-state index is 13.0. The molecule has 1 aliphatic heterocycles. The van der Waals surface area contributed by atoms with Gasteiger partial charge in [-0.3, -0.25) is 9.89 Å². The fraction of sp³-hybridized carbons (Fsp3) is 0.375. The molecule has 0 spiro atoms. The van der Waals surface area contributed by atoms with Gasteiger partial charge >= 0.3 is 0 Å². The third-order valence-corrected chi connectivity index (χ3v) is 4.41. The summed E-state index contributed by atoms with van der Waals surface area (Å²) < 4.78 is 5.22. The lowest BCUT2D eigenvalue weighted by Gasteiger charge is -2.17. The second kappa shape index (κ2) is 5.19. The number of aryl methyl sites for hydroxylation is 2. The fourth-order valence-electron chi connectivity index (χ4n) is 3.25. The van der Waals surface area contributed by atoms with E-state index in [-0.39, 0.29) is 5.91 Å². The Morgan fingerprint density at radius 2 is 2.30 bits per heavy atom. The molecule has 1 saturated heterocycles. The van der Waals surface area contributed by atoms with Gasteiger partial charge in [-0.05, 0) is 32.4 Å². The van der Waals surface area contributed by atoms with Crippen LogP contribution in [0.4, 0.5) is 0 Å². The monoisotopic (exact) mass is 311 g/mol. The number of nitrogens with zero attached hydrogens (tertiary/aromatic N) is 4. The van der Waals surface area contributed by atoms with Crippen LogP contribution in [0.5, 0.6) is 0 Å². The predicted molar refractivity (Wildman–Crippen MR) is 83.1 cm³/mol. The number of H-pyrrole nitrogens is 1. The molecule has 118 valence electrons. The molecule has 1 atom stereocenters. The van der Waals surface area contributed by atoms with Crippen molar-refractivity contribution >= 4 is 17.0 Å². The number of aromatic nitrogens is 4. The summed E-state index contributed by atoms with van der Waals surface area (Å²) in [4.78, 5) is 19.2. The van der Waals surface area contributed by atoms with Crippen LogP contribution in [-0.4, -0.2) is 44.2 Å². The number of fused-ring (bicyclic) bond motifs is 1. The number of amides is 1. The molecule has 7 heteroatoms. The quantitative estimate of drug-likeness (QED) is 0.784. The van der Waals surface area contributed by atoms with E-state index in [0.29, 0.717) is 34.8 Å². The lowest BCUT2D eigenvalue weighted by molar-refractivity contribution is 0.0792. The molecule has 7 nitrogen and oxygen atoms in total. The molecule has 4 heterocycles. The first kappa shape index (κ1) is 13.9. The van der Waals surface area contributed by atoms with Crippen molar-refractivity contribution in [1.29, 1.82) is 0 Å². The molecular weight excluding hydrogens is 294 g/mol. The van der Waals surface area contributed by atoms with E-state index in [1.54, 1.807) is 6.20 Å². The van der Waals surface area contributed by atoms with Crippen molar-refractivity contribution in [3.05, 3.63) is 41.0 Å². The number of pyridine rings is 1. The van der Waals surface area contributed by atoms with Crippen LogP contribution in [0.3, 0.4) is 0 Å². The molecule has 4 rings (SSSR count). The van der Waals surface area contributed by atoms with Crippen molar-refractivity contribution in [2.75, 3.05) is 13.1 Å². The Balaban J connectivity index is 1.66. The molecule has 0 aromatic carbocycles. The van der Waals surface area contributed by atoms with Crippen LogP contribution in [0.2, 0.25) is 0 Å². The van der Waals surface area contributed by atoms with Gasteiger partial charge in [0.2, 0.25) is 0 Å². The van der Waals surface area contributed by atoms with E-state index >= 15 is 0 Å². The van der Waals surface area contributed by atoms with Gasteiger partial charge in [0.1, 0.15) is 0 Å². The van der Waals surface area contributed by atoms with E-state index in [1.807, 2.05) is 30.9 Å². The average molecular weight is 311 g/mol. The molecule has 0 unspecified atom stereocenters. The molecule has 23 heavy (non-hydrogen) atoms. The number of hydrogen-bond donors (Lipinski definition) is 1. The summed E-state index contributed by atoms with van der Waals surface area (Å²) in [5, 5.41) is 11.6. The minimum absolute atomic E-state index is 0.00816. The number of nitrogens with one attached hydrogen (secondary N) is 1. The van der Waals surface area contributed by atoms with Crippen LogP contribution in [-0.2, 0) is 0 Å². The van der Waals surface area contributed by atoms with Crippen LogP contribution in [0.1, 0.15) is 39.8 Å². The minimum atomic E-state index is 0.00816. The molecule has 0 aliphatic carbocycles. The number of aromatic amines is 1. The predicted octanol–water partition coefficient (Wildman–Crippen LogP) is 2.19. The Morgan fingerprint density at radius 1 is 1.43 bits per heavy atom. The zero-order valence-corrected chi connectivity index (χ0v) is 13.0. The van der Waals surface area contributed by atoms with Crippen molar-refractivity contribution < 1.29 is 9.32 Å². The van der Waals surface area contributed by atoms with E-state index < -0.39 is 0 Å². The standard InChI is InChI=1S/C16H17N5O2/c1-9-7-12(14-10(2)20-23-15(14)18-9)16(22)21-6-4-11(8-21)13-3-5-17-19-13/h3,5,7,11H,4,6,8H2,1-2H3,(H,17,19)/t11-/m0/s1. The Morgan fingerprint density at radius 3 is 3.09 bits per heavy atom. The number of likely N-dealkylation sites (tertiary alicyclic amines) is 1. The third-order valence-electron chi connectivity index (χ3n) is 4.41. The summed E-state index contributed by atoms with van der Waals surface area (Å²) in [6.07, 6.45) is 2.68. The maximum absolute atomic E-state index is 13.0. The summed E-state index contributed by atoms with van der Waals surface area (Å²) >= 11 is 0. The highest BCUT2D eigenvalue weighted by Gasteiger charge is 2.30. The molecule has 0 radical (unpaired) electrons. The average Bonchev–Trinajstić information content (AvgIpc) is 3.26. The number of carbonyl (C=O) groups is 1. The van der Waals surface area contributed by atoms with E-state index in [0.717, 1.165) is 24.4 Å². The number of carbonyl (C=O) groups excluding carboxylic acids is 1. The van der Waals surface area contributed by atoms with Crippen molar-refractivity contribution in [3.63, 3.8) is 0 Å². The first-order valence-electron chi connectivity index (χ1n) is 7.65. The topological polar surface area (TPSA) is 87.9 Å². The van der Waals surface area contributed by atoms with Crippen LogP contribution in [0, 0.1) is 13.8 Å². The molecule has 3 aromatic rings. The highest BCUT2D eigenvalue weighted by molar-refractivity contribution is 6.06. The largest absolute Gasteiger partial charge is 0.338 e. The molecule has 1 N–H and O–H groups in total. The molecule has 0 bridgehead atoms. The van der Waals surface area contributed by atoms with Crippen molar-refractivity contribution in [1.82, 2.24) is 25.2 Å². The molecule has 0 saturated carbocycles. The van der Waals surface area contributed by atoms with Gasteiger partial charge in [0, 0.05) is 36.6 Å². The summed E-state index contributed by atoms with van der Waals surface area (Å²) in [5.74, 6) is 0.317. The van der Waals surface area contributed by atoms with Gasteiger partial charge in [0.15, 0.2) is 0 Å². The SMILES string of the molecule is Cc1cc(C(=O)N2CC[C@H](c3ccn[nH]3)C2)c2c(C)noc2n1. The first-order valence-corrected chi connectivity index (χ1v) is 7.65. The Kier molecular flexibility index (Phi) is 3.14. The number of hydrogen-bond acceptors (Lipinski definition) is 5. The summed E-state index contributed by atoms with van der Waals surface area (Å²) in [7, 11) is 0. The summed E-state index contributed by atoms with van der Waals surface area (Å²) in [5.41, 5.74) is 3.57. The highest BCUT2D eigenvalue weighted by Crippen LogP contribution is 2.29. The summed E-state index contributed by atoms with van der Waals surface area (Å²) in [6.45, 7) is 5.10. The van der Waals surface area contributed by atoms with Gasteiger partial charge in [-0.25, -0.2) is 4.98 Å². The Bertz CT molecular complexity index is 868. The third kappa shape index (κ3) is 2.28. The smallest absolute Gasteiger partial charge is 0.258 e. The van der Waals surface area contributed by atoms with Crippen molar-refractivity contribution in [3.8, 4) is 0 Å². The summed E-state index contributed by atoms with van der Waals surface area (Å²) in [6, 6.07) is 3.79. The van der Waals surface area contributed by atoms with E-state index in [9.17, 15) is 4.79 Å². The highest BCUT2D eigenvalue weighted by atomic mass is 16.5. The van der Waals surface area contributed by atoms with Crippen LogP contribution < -0.4 is 0 Å². The van der Waals surface area contributed by atoms with Crippen molar-refractivity contribution in [2.45, 2.75) is 26.2 Å². The first-order chi connectivity index (χ1) is 11.1. The molecule has 1 fully saturated rings. The fourth-order valence-corrected chi connectivity index (χ4v) is 3.25. The molecule has 1 amide bonds. The van der Waals surface area contributed by atoms with E-state index in [4.69, 9.17) is 4.52 Å². The molecule has 3 aromatic heterocycles. The van der Waals surface area contributed by atoms with Gasteiger partial charge in [-0.15, -0.1) is 0 Å². The second-order valence-corrected chi connectivity index (χ2v) is 6.01. The Hall–Kier alpha value is -2.70.